The Bertz CT molecular complexity index is 568. The summed E-state index contributed by atoms with van der Waals surface area (Å²) in [5, 5.41) is 16.7. The summed E-state index contributed by atoms with van der Waals surface area (Å²) in [4.78, 5) is 11.4. The lowest BCUT2D eigenvalue weighted by Gasteiger charge is -2.03. The number of carbonyl (C=O) groups is 1. The van der Waals surface area contributed by atoms with Crippen LogP contribution in [0.5, 0.6) is 0 Å². The minimum absolute atomic E-state index is 0.147. The lowest BCUT2D eigenvalue weighted by atomic mass is 10.2. The molecule has 6 nitrogen and oxygen atoms in total. The number of rotatable bonds is 3. The molecule has 88 valence electrons. The van der Waals surface area contributed by atoms with Crippen molar-refractivity contribution in [2.75, 3.05) is 5.73 Å². The van der Waals surface area contributed by atoms with Crippen molar-refractivity contribution in [2.24, 2.45) is 0 Å². The highest BCUT2D eigenvalue weighted by atomic mass is 32.2. The maximum atomic E-state index is 10.7. The third-order valence-electron chi connectivity index (χ3n) is 1.96. The van der Waals surface area contributed by atoms with Crippen LogP contribution in [0.2, 0.25) is 0 Å². The molecule has 0 saturated heterocycles. The van der Waals surface area contributed by atoms with Crippen LogP contribution < -0.4 is 5.73 Å². The van der Waals surface area contributed by atoms with E-state index in [1.54, 1.807) is 13.0 Å². The number of hydrogen-bond acceptors (Lipinski definition) is 6. The Labute approximate surface area is 101 Å². The van der Waals surface area contributed by atoms with E-state index in [0.29, 0.717) is 21.7 Å². The highest BCUT2D eigenvalue weighted by Gasteiger charge is 2.10. The van der Waals surface area contributed by atoms with Crippen LogP contribution in [-0.4, -0.2) is 21.3 Å². The van der Waals surface area contributed by atoms with Crippen molar-refractivity contribution in [1.29, 1.82) is 0 Å². The molecule has 0 aliphatic heterocycles. The molecule has 0 unspecified atom stereocenters. The molecule has 0 aliphatic rings. The minimum Gasteiger partial charge on any atom is -0.478 e. The molecule has 2 aromatic rings. The molecule has 1 heterocycles. The van der Waals surface area contributed by atoms with Crippen LogP contribution in [0.1, 0.15) is 16.2 Å². The molecular formula is C10H9N3O3S. The van der Waals surface area contributed by atoms with Gasteiger partial charge >= 0.3 is 5.97 Å². The summed E-state index contributed by atoms with van der Waals surface area (Å²) in [5.74, 6) is -0.546. The molecule has 0 aliphatic carbocycles. The summed E-state index contributed by atoms with van der Waals surface area (Å²) >= 11 is 1.20. The van der Waals surface area contributed by atoms with Gasteiger partial charge < -0.3 is 15.3 Å². The summed E-state index contributed by atoms with van der Waals surface area (Å²) in [5.41, 5.74) is 6.25. The van der Waals surface area contributed by atoms with Gasteiger partial charge in [-0.25, -0.2) is 4.79 Å². The van der Waals surface area contributed by atoms with Gasteiger partial charge in [-0.3, -0.25) is 0 Å². The molecule has 2 rings (SSSR count). The number of benzene rings is 1. The van der Waals surface area contributed by atoms with E-state index in [9.17, 15) is 4.79 Å². The van der Waals surface area contributed by atoms with Gasteiger partial charge in [-0.15, -0.1) is 10.2 Å². The van der Waals surface area contributed by atoms with Gasteiger partial charge in [0.15, 0.2) is 0 Å². The van der Waals surface area contributed by atoms with Crippen molar-refractivity contribution in [3.63, 3.8) is 0 Å². The molecule has 1 aromatic heterocycles. The molecule has 1 aromatic carbocycles. The number of aromatic nitrogens is 2. The average Bonchev–Trinajstić information content (AvgIpc) is 2.67. The first-order valence-corrected chi connectivity index (χ1v) is 5.48. The van der Waals surface area contributed by atoms with Crippen LogP contribution in [0, 0.1) is 6.92 Å². The number of nitrogen functional groups attached to an aromatic ring is 1. The number of aryl methyl sites for hydroxylation is 1. The second-order valence-electron chi connectivity index (χ2n) is 3.25. The Morgan fingerprint density at radius 3 is 2.76 bits per heavy atom. The van der Waals surface area contributed by atoms with Crippen molar-refractivity contribution < 1.29 is 14.3 Å². The smallest absolute Gasteiger partial charge is 0.335 e. The first kappa shape index (κ1) is 11.5. The standard InChI is InChI=1S/C10H9N3O3S/c1-5-12-13-10(16-5)17-8-3-2-6(9(14)15)4-7(8)11/h2-4H,11H2,1H3,(H,14,15). The van der Waals surface area contributed by atoms with E-state index in [-0.39, 0.29) is 5.56 Å². The molecule has 0 fully saturated rings. The Balaban J connectivity index is 2.25. The number of anilines is 1. The third kappa shape index (κ3) is 2.56. The second kappa shape index (κ2) is 4.46. The number of nitrogens with zero attached hydrogens (tertiary/aromatic N) is 2. The zero-order valence-corrected chi connectivity index (χ0v) is 9.69. The molecule has 17 heavy (non-hydrogen) atoms. The number of carboxylic acid groups (broad SMARTS) is 1. The zero-order valence-electron chi connectivity index (χ0n) is 8.88. The van der Waals surface area contributed by atoms with Crippen LogP contribution in [0.25, 0.3) is 0 Å². The zero-order chi connectivity index (χ0) is 12.4. The van der Waals surface area contributed by atoms with Crippen LogP contribution in [0.3, 0.4) is 0 Å². The second-order valence-corrected chi connectivity index (χ2v) is 4.24. The monoisotopic (exact) mass is 251 g/mol. The molecular weight excluding hydrogens is 242 g/mol. The van der Waals surface area contributed by atoms with E-state index in [1.165, 1.54) is 23.9 Å². The van der Waals surface area contributed by atoms with Gasteiger partial charge in [0.25, 0.3) is 5.22 Å². The van der Waals surface area contributed by atoms with E-state index in [2.05, 4.69) is 10.2 Å². The van der Waals surface area contributed by atoms with Gasteiger partial charge in [0.1, 0.15) is 0 Å². The summed E-state index contributed by atoms with van der Waals surface area (Å²) in [6.07, 6.45) is 0. The van der Waals surface area contributed by atoms with Gasteiger partial charge in [0.05, 0.1) is 5.56 Å². The Morgan fingerprint density at radius 2 is 2.24 bits per heavy atom. The maximum absolute atomic E-state index is 10.7. The molecule has 0 amide bonds. The van der Waals surface area contributed by atoms with Gasteiger partial charge in [0, 0.05) is 17.5 Å². The molecule has 0 radical (unpaired) electrons. The molecule has 0 saturated carbocycles. The quantitative estimate of drug-likeness (QED) is 0.802. The Morgan fingerprint density at radius 1 is 1.47 bits per heavy atom. The highest BCUT2D eigenvalue weighted by Crippen LogP contribution is 2.31. The fourth-order valence-corrected chi connectivity index (χ4v) is 1.93. The SMILES string of the molecule is Cc1nnc(Sc2ccc(C(=O)O)cc2N)o1. The van der Waals surface area contributed by atoms with Crippen molar-refractivity contribution >= 4 is 23.4 Å². The van der Waals surface area contributed by atoms with Gasteiger partial charge in [0.2, 0.25) is 5.89 Å². The van der Waals surface area contributed by atoms with Crippen LogP contribution in [-0.2, 0) is 0 Å². The molecule has 0 atom stereocenters. The number of hydrogen-bond donors (Lipinski definition) is 2. The van der Waals surface area contributed by atoms with Crippen LogP contribution in [0.15, 0.2) is 32.7 Å². The number of carboxylic acids is 1. The van der Waals surface area contributed by atoms with E-state index in [4.69, 9.17) is 15.3 Å². The maximum Gasteiger partial charge on any atom is 0.335 e. The summed E-state index contributed by atoms with van der Waals surface area (Å²) < 4.78 is 5.19. The topological polar surface area (TPSA) is 102 Å². The van der Waals surface area contributed by atoms with Crippen molar-refractivity contribution in [2.45, 2.75) is 17.0 Å². The van der Waals surface area contributed by atoms with E-state index >= 15 is 0 Å². The predicted molar refractivity (Wildman–Crippen MR) is 61.0 cm³/mol. The van der Waals surface area contributed by atoms with Crippen molar-refractivity contribution in [3.8, 4) is 0 Å². The van der Waals surface area contributed by atoms with E-state index in [1.807, 2.05) is 0 Å². The number of aromatic carboxylic acids is 1. The van der Waals surface area contributed by atoms with Crippen LogP contribution in [0.4, 0.5) is 5.69 Å². The highest BCUT2D eigenvalue weighted by molar-refractivity contribution is 7.99. The van der Waals surface area contributed by atoms with Crippen LogP contribution >= 0.6 is 11.8 Å². The van der Waals surface area contributed by atoms with E-state index < -0.39 is 5.97 Å². The third-order valence-corrected chi connectivity index (χ3v) is 2.89. The molecule has 0 bridgehead atoms. The molecule has 7 heteroatoms. The molecule has 0 spiro atoms. The largest absolute Gasteiger partial charge is 0.478 e. The van der Waals surface area contributed by atoms with Gasteiger partial charge in [-0.2, -0.15) is 0 Å². The first-order valence-electron chi connectivity index (χ1n) is 4.67. The minimum atomic E-state index is -1.01. The number of nitrogens with two attached hydrogens (primary N) is 1. The lowest BCUT2D eigenvalue weighted by Crippen LogP contribution is -1.98. The fourth-order valence-electron chi connectivity index (χ4n) is 1.19. The van der Waals surface area contributed by atoms with Gasteiger partial charge in [-0.05, 0) is 30.0 Å². The van der Waals surface area contributed by atoms with Crippen molar-refractivity contribution in [1.82, 2.24) is 10.2 Å². The summed E-state index contributed by atoms with van der Waals surface area (Å²) in [6.45, 7) is 1.69. The fraction of sp³-hybridized carbons (Fsp3) is 0.100. The predicted octanol–water partition coefficient (Wildman–Crippen LogP) is 1.81. The Kier molecular flexibility index (Phi) is 3.01. The Hall–Kier alpha value is -2.02. The van der Waals surface area contributed by atoms with Crippen molar-refractivity contribution in [3.05, 3.63) is 29.7 Å². The van der Waals surface area contributed by atoms with E-state index in [0.717, 1.165) is 0 Å². The normalized spacial score (nSPS) is 10.4. The molecule has 3 N–H and O–H groups in total. The van der Waals surface area contributed by atoms with Gasteiger partial charge in [-0.1, -0.05) is 0 Å². The lowest BCUT2D eigenvalue weighted by molar-refractivity contribution is 0.0697. The summed E-state index contributed by atoms with van der Waals surface area (Å²) in [6, 6.07) is 4.49. The average molecular weight is 251 g/mol. The first-order chi connectivity index (χ1) is 8.06. The summed E-state index contributed by atoms with van der Waals surface area (Å²) in [7, 11) is 0.